The molecule has 2 bridgehead atoms. The summed E-state index contributed by atoms with van der Waals surface area (Å²) in [5.74, 6) is 1.32. The van der Waals surface area contributed by atoms with Crippen LogP contribution >= 0.6 is 0 Å². The molecule has 2 unspecified atom stereocenters. The summed E-state index contributed by atoms with van der Waals surface area (Å²) in [4.78, 5) is 0. The zero-order valence-electron chi connectivity index (χ0n) is 8.12. The van der Waals surface area contributed by atoms with Gasteiger partial charge in [0, 0.05) is 11.8 Å². The van der Waals surface area contributed by atoms with E-state index in [0.29, 0.717) is 17.3 Å². The molecule has 2 atom stereocenters. The fourth-order valence-corrected chi connectivity index (χ4v) is 3.00. The Kier molecular flexibility index (Phi) is 1.17. The molecule has 3 rings (SSSR count). The van der Waals surface area contributed by atoms with Crippen molar-refractivity contribution in [2.45, 2.75) is 25.7 Å². The van der Waals surface area contributed by atoms with Gasteiger partial charge in [-0.25, -0.2) is 0 Å². The number of hydrogen-bond donors (Lipinski definition) is 0. The van der Waals surface area contributed by atoms with Gasteiger partial charge in [-0.2, -0.15) is 0 Å². The summed E-state index contributed by atoms with van der Waals surface area (Å²) in [6.07, 6.45) is 4.76. The summed E-state index contributed by atoms with van der Waals surface area (Å²) in [5, 5.41) is 0. The highest BCUT2D eigenvalue weighted by Crippen LogP contribution is 2.60. The lowest BCUT2D eigenvalue weighted by atomic mass is 9.79. The second-order valence-electron chi connectivity index (χ2n) is 4.79. The van der Waals surface area contributed by atoms with Crippen LogP contribution in [0.15, 0.2) is 36.4 Å². The minimum Gasteiger partial charge on any atom is -0.0798 e. The molecular formula is C13H14. The Morgan fingerprint density at radius 2 is 1.38 bits per heavy atom. The topological polar surface area (TPSA) is 0 Å². The maximum atomic E-state index is 2.38. The minimum atomic E-state index is 0.420. The molecule has 0 fully saturated rings. The van der Waals surface area contributed by atoms with Crippen LogP contribution < -0.4 is 0 Å². The first-order valence-electron chi connectivity index (χ1n) is 4.98. The van der Waals surface area contributed by atoms with E-state index in [1.54, 1.807) is 11.1 Å². The van der Waals surface area contributed by atoms with E-state index in [0.717, 1.165) is 0 Å². The average molecular weight is 170 g/mol. The number of rotatable bonds is 0. The molecule has 2 aliphatic rings. The summed E-state index contributed by atoms with van der Waals surface area (Å²) in [7, 11) is 0. The first-order valence-corrected chi connectivity index (χ1v) is 4.98. The Bertz CT molecular complexity index is 350. The maximum absolute atomic E-state index is 2.38. The standard InChI is InChI=1S/C13H14/c1-13(2)11-7-8-12(13)10-6-4-3-5-9(10)11/h3-8,11-12H,1-2H3. The van der Waals surface area contributed by atoms with Crippen LogP contribution in [0.25, 0.3) is 0 Å². The van der Waals surface area contributed by atoms with E-state index >= 15 is 0 Å². The van der Waals surface area contributed by atoms with Crippen molar-refractivity contribution in [3.63, 3.8) is 0 Å². The molecule has 1 aromatic rings. The van der Waals surface area contributed by atoms with Crippen molar-refractivity contribution in [2.24, 2.45) is 5.41 Å². The van der Waals surface area contributed by atoms with Gasteiger partial charge in [-0.15, -0.1) is 0 Å². The van der Waals surface area contributed by atoms with Crippen molar-refractivity contribution in [1.82, 2.24) is 0 Å². The minimum absolute atomic E-state index is 0.420. The van der Waals surface area contributed by atoms with Gasteiger partial charge in [0.2, 0.25) is 0 Å². The van der Waals surface area contributed by atoms with E-state index in [1.165, 1.54) is 0 Å². The first kappa shape index (κ1) is 7.37. The second-order valence-corrected chi connectivity index (χ2v) is 4.79. The molecule has 0 radical (unpaired) electrons. The van der Waals surface area contributed by atoms with Crippen molar-refractivity contribution in [2.75, 3.05) is 0 Å². The lowest BCUT2D eigenvalue weighted by molar-refractivity contribution is 0.343. The average Bonchev–Trinajstić information content (AvgIpc) is 2.54. The van der Waals surface area contributed by atoms with Gasteiger partial charge < -0.3 is 0 Å². The van der Waals surface area contributed by atoms with Crippen molar-refractivity contribution in [1.29, 1.82) is 0 Å². The van der Waals surface area contributed by atoms with E-state index in [-0.39, 0.29) is 0 Å². The maximum Gasteiger partial charge on any atom is 0.00812 e. The largest absolute Gasteiger partial charge is 0.0798 e. The molecule has 1 aromatic carbocycles. The molecule has 2 aliphatic carbocycles. The van der Waals surface area contributed by atoms with E-state index in [1.807, 2.05) is 0 Å². The normalized spacial score (nSPS) is 32.2. The Balaban J connectivity index is 2.26. The molecule has 0 spiro atoms. The first-order chi connectivity index (χ1) is 6.21. The van der Waals surface area contributed by atoms with Gasteiger partial charge in [0.25, 0.3) is 0 Å². The van der Waals surface area contributed by atoms with Crippen LogP contribution in [0.5, 0.6) is 0 Å². The molecule has 0 heterocycles. The lowest BCUT2D eigenvalue weighted by Crippen LogP contribution is -2.14. The van der Waals surface area contributed by atoms with Crippen LogP contribution in [0.3, 0.4) is 0 Å². The second kappa shape index (κ2) is 2.06. The molecule has 0 aliphatic heterocycles. The monoisotopic (exact) mass is 170 g/mol. The Labute approximate surface area is 79.3 Å². The molecule has 13 heavy (non-hydrogen) atoms. The third kappa shape index (κ3) is 0.720. The summed E-state index contributed by atoms with van der Waals surface area (Å²) in [6.45, 7) is 4.75. The van der Waals surface area contributed by atoms with Gasteiger partial charge >= 0.3 is 0 Å². The molecule has 0 aromatic heterocycles. The zero-order valence-corrected chi connectivity index (χ0v) is 8.12. The van der Waals surface area contributed by atoms with Gasteiger partial charge in [-0.05, 0) is 16.5 Å². The third-order valence-electron chi connectivity index (χ3n) is 3.77. The van der Waals surface area contributed by atoms with E-state index in [4.69, 9.17) is 0 Å². The molecule has 0 heteroatoms. The SMILES string of the molecule is CC1(C)C2C=CC1c1ccccc12. The van der Waals surface area contributed by atoms with Crippen LogP contribution in [0.2, 0.25) is 0 Å². The molecular weight excluding hydrogens is 156 g/mol. The fourth-order valence-electron chi connectivity index (χ4n) is 3.00. The molecule has 0 amide bonds. The number of hydrogen-bond acceptors (Lipinski definition) is 0. The fraction of sp³-hybridized carbons (Fsp3) is 0.385. The van der Waals surface area contributed by atoms with Crippen LogP contribution in [0, 0.1) is 5.41 Å². The summed E-state index contributed by atoms with van der Waals surface area (Å²) < 4.78 is 0. The van der Waals surface area contributed by atoms with E-state index in [9.17, 15) is 0 Å². The molecule has 0 saturated carbocycles. The number of fused-ring (bicyclic) bond motifs is 5. The van der Waals surface area contributed by atoms with Crippen molar-refractivity contribution >= 4 is 0 Å². The Hall–Kier alpha value is -1.04. The van der Waals surface area contributed by atoms with Crippen LogP contribution in [-0.2, 0) is 0 Å². The number of benzene rings is 1. The highest BCUT2D eigenvalue weighted by molar-refractivity contribution is 5.51. The Morgan fingerprint density at radius 3 is 1.85 bits per heavy atom. The van der Waals surface area contributed by atoms with Gasteiger partial charge in [-0.1, -0.05) is 50.3 Å². The van der Waals surface area contributed by atoms with Gasteiger partial charge in [0.15, 0.2) is 0 Å². The Morgan fingerprint density at radius 1 is 0.923 bits per heavy atom. The van der Waals surface area contributed by atoms with Crippen molar-refractivity contribution in [3.8, 4) is 0 Å². The summed E-state index contributed by atoms with van der Waals surface area (Å²) in [5.41, 5.74) is 3.53. The van der Waals surface area contributed by atoms with Crippen LogP contribution in [0.1, 0.15) is 36.8 Å². The van der Waals surface area contributed by atoms with Gasteiger partial charge in [0.1, 0.15) is 0 Å². The predicted molar refractivity (Wildman–Crippen MR) is 54.8 cm³/mol. The molecule has 0 saturated heterocycles. The predicted octanol–water partition coefficient (Wildman–Crippen LogP) is 3.46. The highest BCUT2D eigenvalue weighted by Gasteiger charge is 2.47. The number of allylic oxidation sites excluding steroid dienone is 2. The third-order valence-corrected chi connectivity index (χ3v) is 3.77. The highest BCUT2D eigenvalue weighted by atomic mass is 14.5. The molecule has 0 N–H and O–H groups in total. The molecule has 66 valence electrons. The smallest absolute Gasteiger partial charge is 0.00812 e. The van der Waals surface area contributed by atoms with Gasteiger partial charge in [-0.3, -0.25) is 0 Å². The van der Waals surface area contributed by atoms with Crippen LogP contribution in [-0.4, -0.2) is 0 Å². The summed E-state index contributed by atoms with van der Waals surface area (Å²) in [6, 6.07) is 8.88. The van der Waals surface area contributed by atoms with E-state index in [2.05, 4.69) is 50.3 Å². The zero-order chi connectivity index (χ0) is 9.05. The quantitative estimate of drug-likeness (QED) is 0.523. The van der Waals surface area contributed by atoms with Crippen LogP contribution in [0.4, 0.5) is 0 Å². The van der Waals surface area contributed by atoms with Crippen molar-refractivity contribution in [3.05, 3.63) is 47.5 Å². The summed E-state index contributed by atoms with van der Waals surface area (Å²) >= 11 is 0. The van der Waals surface area contributed by atoms with E-state index < -0.39 is 0 Å². The molecule has 0 nitrogen and oxygen atoms in total. The van der Waals surface area contributed by atoms with Crippen molar-refractivity contribution < 1.29 is 0 Å². The lowest BCUT2D eigenvalue weighted by Gasteiger charge is -2.24. The van der Waals surface area contributed by atoms with Gasteiger partial charge in [0.05, 0.1) is 0 Å².